The minimum absolute atomic E-state index is 0.000215. The quantitative estimate of drug-likeness (QED) is 0.646. The number of anilines is 1. The van der Waals surface area contributed by atoms with E-state index in [0.717, 1.165) is 5.56 Å². The Hall–Kier alpha value is -2.75. The van der Waals surface area contributed by atoms with Gasteiger partial charge in [0.1, 0.15) is 0 Å². The third kappa shape index (κ3) is 6.19. The molecule has 0 radical (unpaired) electrons. The van der Waals surface area contributed by atoms with Crippen molar-refractivity contribution < 1.29 is 27.5 Å². The zero-order valence-corrected chi connectivity index (χ0v) is 20.2. The molecule has 0 aromatic heterocycles. The Labute approximate surface area is 194 Å². The number of esters is 1. The number of hydrogen-bond donors (Lipinski definition) is 1. The van der Waals surface area contributed by atoms with Gasteiger partial charge in [-0.3, -0.25) is 4.79 Å². The molecule has 2 aromatic rings. The molecule has 1 aliphatic heterocycles. The summed E-state index contributed by atoms with van der Waals surface area (Å²) in [6.45, 7) is 8.65. The molecule has 0 atom stereocenters. The molecule has 1 fully saturated rings. The van der Waals surface area contributed by atoms with Gasteiger partial charge in [0.15, 0.2) is 6.61 Å². The minimum Gasteiger partial charge on any atom is -0.452 e. The Morgan fingerprint density at radius 2 is 1.70 bits per heavy atom. The largest absolute Gasteiger partial charge is 0.452 e. The number of rotatable bonds is 6. The second-order valence-electron chi connectivity index (χ2n) is 8.95. The third-order valence-electron chi connectivity index (χ3n) is 5.38. The SMILES string of the molecule is Cc1ccc(C(=O)OCC(=O)Nc2ccc(C(C)(C)C)cc2)cc1S(=O)(=O)N1CCOCC1. The van der Waals surface area contributed by atoms with Crippen LogP contribution in [0.4, 0.5) is 5.69 Å². The highest BCUT2D eigenvalue weighted by atomic mass is 32.2. The van der Waals surface area contributed by atoms with Gasteiger partial charge in [-0.2, -0.15) is 4.31 Å². The normalized spacial score (nSPS) is 15.2. The maximum Gasteiger partial charge on any atom is 0.338 e. The van der Waals surface area contributed by atoms with Crippen LogP contribution in [0.3, 0.4) is 0 Å². The van der Waals surface area contributed by atoms with E-state index in [-0.39, 0.29) is 29.0 Å². The van der Waals surface area contributed by atoms with Crippen molar-refractivity contribution in [2.24, 2.45) is 0 Å². The summed E-state index contributed by atoms with van der Waals surface area (Å²) >= 11 is 0. The zero-order valence-electron chi connectivity index (χ0n) is 19.4. The Morgan fingerprint density at radius 3 is 2.30 bits per heavy atom. The number of nitrogens with zero attached hydrogens (tertiary/aromatic N) is 1. The van der Waals surface area contributed by atoms with Crippen molar-refractivity contribution in [3.8, 4) is 0 Å². The molecule has 0 aliphatic carbocycles. The average Bonchev–Trinajstić information content (AvgIpc) is 2.78. The van der Waals surface area contributed by atoms with Crippen LogP contribution in [0.5, 0.6) is 0 Å². The number of nitrogens with one attached hydrogen (secondary N) is 1. The van der Waals surface area contributed by atoms with Crippen LogP contribution in [-0.2, 0) is 29.7 Å². The maximum atomic E-state index is 13.0. The van der Waals surface area contributed by atoms with Crippen molar-refractivity contribution in [1.82, 2.24) is 4.31 Å². The molecule has 33 heavy (non-hydrogen) atoms. The minimum atomic E-state index is -3.77. The molecule has 0 saturated carbocycles. The van der Waals surface area contributed by atoms with E-state index in [9.17, 15) is 18.0 Å². The number of sulfonamides is 1. The van der Waals surface area contributed by atoms with Gasteiger partial charge in [-0.15, -0.1) is 0 Å². The summed E-state index contributed by atoms with van der Waals surface area (Å²) < 4.78 is 37.7. The number of carbonyl (C=O) groups is 2. The van der Waals surface area contributed by atoms with Crippen molar-refractivity contribution in [3.63, 3.8) is 0 Å². The van der Waals surface area contributed by atoms with Crippen LogP contribution >= 0.6 is 0 Å². The van der Waals surface area contributed by atoms with Gasteiger partial charge < -0.3 is 14.8 Å². The van der Waals surface area contributed by atoms with Crippen molar-refractivity contribution in [1.29, 1.82) is 0 Å². The van der Waals surface area contributed by atoms with E-state index in [1.54, 1.807) is 25.1 Å². The van der Waals surface area contributed by atoms with Crippen LogP contribution < -0.4 is 5.32 Å². The Balaban J connectivity index is 1.63. The zero-order chi connectivity index (χ0) is 24.2. The van der Waals surface area contributed by atoms with E-state index in [2.05, 4.69) is 26.1 Å². The van der Waals surface area contributed by atoms with Crippen molar-refractivity contribution in [2.45, 2.75) is 38.0 Å². The first kappa shape index (κ1) is 24.9. The van der Waals surface area contributed by atoms with E-state index >= 15 is 0 Å². The third-order valence-corrected chi connectivity index (χ3v) is 7.42. The molecule has 0 bridgehead atoms. The van der Waals surface area contributed by atoms with Crippen molar-refractivity contribution in [2.75, 3.05) is 38.2 Å². The first-order chi connectivity index (χ1) is 15.5. The van der Waals surface area contributed by atoms with E-state index in [1.807, 2.05) is 12.1 Å². The lowest BCUT2D eigenvalue weighted by atomic mass is 9.87. The first-order valence-electron chi connectivity index (χ1n) is 10.7. The van der Waals surface area contributed by atoms with Gasteiger partial charge in [0, 0.05) is 18.8 Å². The number of benzene rings is 2. The second-order valence-corrected chi connectivity index (χ2v) is 10.9. The van der Waals surface area contributed by atoms with Gasteiger partial charge in [0.2, 0.25) is 10.0 Å². The fraction of sp³-hybridized carbons (Fsp3) is 0.417. The van der Waals surface area contributed by atoms with E-state index in [4.69, 9.17) is 9.47 Å². The highest BCUT2D eigenvalue weighted by Crippen LogP contribution is 2.24. The monoisotopic (exact) mass is 474 g/mol. The molecule has 0 spiro atoms. The molecule has 1 N–H and O–H groups in total. The number of ether oxygens (including phenoxy) is 2. The molecule has 2 aromatic carbocycles. The summed E-state index contributed by atoms with van der Waals surface area (Å²) in [4.78, 5) is 24.8. The Kier molecular flexibility index (Phi) is 7.56. The lowest BCUT2D eigenvalue weighted by Gasteiger charge is -2.26. The van der Waals surface area contributed by atoms with Gasteiger partial charge in [0.25, 0.3) is 5.91 Å². The topological polar surface area (TPSA) is 102 Å². The molecule has 1 aliphatic rings. The predicted octanol–water partition coefficient (Wildman–Crippen LogP) is 3.11. The average molecular weight is 475 g/mol. The van der Waals surface area contributed by atoms with Gasteiger partial charge >= 0.3 is 5.97 Å². The second kappa shape index (κ2) is 10.0. The lowest BCUT2D eigenvalue weighted by molar-refractivity contribution is -0.119. The van der Waals surface area contributed by atoms with Gasteiger partial charge in [-0.1, -0.05) is 39.0 Å². The first-order valence-corrected chi connectivity index (χ1v) is 12.2. The summed E-state index contributed by atoms with van der Waals surface area (Å²) in [5, 5.41) is 2.68. The van der Waals surface area contributed by atoms with Crippen molar-refractivity contribution in [3.05, 3.63) is 59.2 Å². The molecule has 3 rings (SSSR count). The summed E-state index contributed by atoms with van der Waals surface area (Å²) in [6, 6.07) is 11.8. The maximum absolute atomic E-state index is 13.0. The Bertz CT molecular complexity index is 1110. The smallest absolute Gasteiger partial charge is 0.338 e. The number of morpholine rings is 1. The van der Waals surface area contributed by atoms with Gasteiger partial charge in [0.05, 0.1) is 23.7 Å². The molecule has 178 valence electrons. The van der Waals surface area contributed by atoms with E-state index < -0.39 is 28.5 Å². The van der Waals surface area contributed by atoms with Crippen LogP contribution in [0, 0.1) is 6.92 Å². The van der Waals surface area contributed by atoms with Gasteiger partial charge in [-0.05, 0) is 47.7 Å². The van der Waals surface area contributed by atoms with Crippen LogP contribution in [0.1, 0.15) is 42.3 Å². The summed E-state index contributed by atoms with van der Waals surface area (Å²) in [5.74, 6) is -1.26. The Morgan fingerprint density at radius 1 is 1.06 bits per heavy atom. The molecule has 1 amide bonds. The van der Waals surface area contributed by atoms with E-state index in [1.165, 1.54) is 16.4 Å². The molecular weight excluding hydrogens is 444 g/mol. The van der Waals surface area contributed by atoms with Gasteiger partial charge in [-0.25, -0.2) is 13.2 Å². The van der Waals surface area contributed by atoms with Crippen molar-refractivity contribution >= 4 is 27.6 Å². The number of carbonyl (C=O) groups excluding carboxylic acids is 2. The summed E-state index contributed by atoms with van der Waals surface area (Å²) in [7, 11) is -3.77. The number of aryl methyl sites for hydroxylation is 1. The summed E-state index contributed by atoms with van der Waals surface area (Å²) in [6.07, 6.45) is 0. The number of hydrogen-bond acceptors (Lipinski definition) is 6. The van der Waals surface area contributed by atoms with Crippen LogP contribution in [-0.4, -0.2) is 57.5 Å². The fourth-order valence-corrected chi connectivity index (χ4v) is 5.05. The molecule has 1 saturated heterocycles. The molecule has 9 heteroatoms. The van der Waals surface area contributed by atoms with Crippen LogP contribution in [0.2, 0.25) is 0 Å². The highest BCUT2D eigenvalue weighted by molar-refractivity contribution is 7.89. The van der Waals surface area contributed by atoms with Crippen LogP contribution in [0.15, 0.2) is 47.4 Å². The highest BCUT2D eigenvalue weighted by Gasteiger charge is 2.28. The molecular formula is C24H30N2O6S. The summed E-state index contributed by atoms with van der Waals surface area (Å²) in [5.41, 5.74) is 2.32. The lowest BCUT2D eigenvalue weighted by Crippen LogP contribution is -2.40. The predicted molar refractivity (Wildman–Crippen MR) is 125 cm³/mol. The standard InChI is InChI=1S/C24H30N2O6S/c1-17-5-6-18(15-21(17)33(29,30)26-11-13-31-14-12-26)23(28)32-16-22(27)25-20-9-7-19(8-10-20)24(2,3)4/h5-10,15H,11-14,16H2,1-4H3,(H,25,27). The van der Waals surface area contributed by atoms with E-state index in [0.29, 0.717) is 24.5 Å². The molecule has 1 heterocycles. The molecule has 8 nitrogen and oxygen atoms in total. The van der Waals surface area contributed by atoms with Crippen LogP contribution in [0.25, 0.3) is 0 Å². The number of amides is 1. The fourth-order valence-electron chi connectivity index (χ4n) is 3.40. The molecule has 0 unspecified atom stereocenters.